The van der Waals surface area contributed by atoms with E-state index in [0.717, 1.165) is 23.5 Å². The van der Waals surface area contributed by atoms with Gasteiger partial charge in [-0.2, -0.15) is 4.59 Å². The van der Waals surface area contributed by atoms with Crippen LogP contribution in [0.4, 0.5) is 5.69 Å². The van der Waals surface area contributed by atoms with Crippen LogP contribution in [-0.4, -0.2) is 63.9 Å². The molecule has 1 unspecified atom stereocenters. The van der Waals surface area contributed by atoms with Gasteiger partial charge in [-0.15, -0.1) is 0 Å². The van der Waals surface area contributed by atoms with Gasteiger partial charge in [-0.25, -0.2) is 4.79 Å². The predicted molar refractivity (Wildman–Crippen MR) is 153 cm³/mol. The lowest BCUT2D eigenvalue weighted by molar-refractivity contribution is -0.898. The molecule has 2 aromatic rings. The number of carbonyl (C=O) groups is 2. The zero-order chi connectivity index (χ0) is 29.2. The molecule has 0 fully saturated rings. The Balaban J connectivity index is 1.80. The van der Waals surface area contributed by atoms with Crippen molar-refractivity contribution in [3.8, 4) is 0 Å². The Kier molecular flexibility index (Phi) is 8.37. The zero-order valence-electron chi connectivity index (χ0n) is 24.0. The normalized spacial score (nSPS) is 19.4. The monoisotopic (exact) mass is 543 g/mol. The summed E-state index contributed by atoms with van der Waals surface area (Å²) in [5.74, 6) is -2.59. The molecule has 3 heterocycles. The lowest BCUT2D eigenvalue weighted by atomic mass is 9.91. The minimum atomic E-state index is -1.40. The number of hydrogen-bond donors (Lipinski definition) is 1. The van der Waals surface area contributed by atoms with Crippen LogP contribution >= 0.6 is 0 Å². The molecule has 1 atom stereocenters. The number of carboxylic acids is 2. The molecule has 1 aromatic carbocycles. The number of aryl methyl sites for hydroxylation is 1. The maximum atomic E-state index is 12.7. The number of pyridine rings is 1. The number of rotatable bonds is 10. The topological polar surface area (TPSA) is 109 Å². The molecular weight excluding hydrogens is 506 g/mol. The maximum absolute atomic E-state index is 12.7. The molecular formula is C31H37N5O4. The smallest absolute Gasteiger partial charge is 0.334 e. The van der Waals surface area contributed by atoms with Gasteiger partial charge >= 0.3 is 5.97 Å². The van der Waals surface area contributed by atoms with E-state index in [-0.39, 0.29) is 28.2 Å². The fraction of sp³-hybridized carbons (Fsp3) is 0.355. The van der Waals surface area contributed by atoms with E-state index < -0.39 is 11.9 Å². The summed E-state index contributed by atoms with van der Waals surface area (Å²) in [6.45, 7) is 9.72. The van der Waals surface area contributed by atoms with E-state index in [1.807, 2.05) is 26.1 Å². The number of carbonyl (C=O) groups excluding carboxylic acids is 1. The van der Waals surface area contributed by atoms with Gasteiger partial charge in [-0.3, -0.25) is 4.98 Å². The summed E-state index contributed by atoms with van der Waals surface area (Å²) in [6.07, 6.45) is 4.98. The van der Waals surface area contributed by atoms with E-state index in [0.29, 0.717) is 24.4 Å². The first kappa shape index (κ1) is 28.9. The van der Waals surface area contributed by atoms with Crippen molar-refractivity contribution in [2.45, 2.75) is 53.1 Å². The molecule has 0 amide bonds. The molecule has 0 saturated heterocycles. The standard InChI is InChI=1S/C31H37N5O4/c1-20(2)36(6)22(4)28(27(33-36)13-15-34(5)18-23-11-8-7-10-21(23)3)29-26(31(39)40)16-24(30(37)38)19-35(29)25-12-9-14-32-17-25/h7-12,14,17,19-20H,13,15-16,18H2,1-6H3,(H-,37,38,39,40). The molecule has 1 aromatic heterocycles. The molecule has 0 saturated carbocycles. The minimum Gasteiger partial charge on any atom is -0.545 e. The molecule has 2 aliphatic rings. The third-order valence-electron chi connectivity index (χ3n) is 7.96. The third kappa shape index (κ3) is 5.61. The number of nitrogens with zero attached hydrogens (tertiary/aromatic N) is 5. The van der Waals surface area contributed by atoms with Crippen LogP contribution in [-0.2, 0) is 16.1 Å². The average Bonchev–Trinajstić information content (AvgIpc) is 3.18. The van der Waals surface area contributed by atoms with Crippen LogP contribution in [0.3, 0.4) is 0 Å². The van der Waals surface area contributed by atoms with Crippen molar-refractivity contribution in [3.05, 3.63) is 94.2 Å². The van der Waals surface area contributed by atoms with Crippen LogP contribution in [0.1, 0.15) is 44.7 Å². The number of benzene rings is 1. The van der Waals surface area contributed by atoms with Gasteiger partial charge in [0, 0.05) is 45.3 Å². The van der Waals surface area contributed by atoms with E-state index in [9.17, 15) is 19.8 Å². The van der Waals surface area contributed by atoms with Gasteiger partial charge in [0.25, 0.3) is 0 Å². The van der Waals surface area contributed by atoms with Crippen molar-refractivity contribution in [2.24, 2.45) is 5.10 Å². The molecule has 0 spiro atoms. The second kappa shape index (κ2) is 11.6. The maximum Gasteiger partial charge on any atom is 0.334 e. The Morgan fingerprint density at radius 1 is 1.18 bits per heavy atom. The predicted octanol–water partition coefficient (Wildman–Crippen LogP) is 3.59. The number of anilines is 1. The molecule has 9 heteroatoms. The fourth-order valence-electron chi connectivity index (χ4n) is 5.21. The minimum absolute atomic E-state index is 0.0157. The van der Waals surface area contributed by atoms with Crippen LogP contribution in [0, 0.1) is 6.92 Å². The summed E-state index contributed by atoms with van der Waals surface area (Å²) in [7, 11) is 4.08. The van der Waals surface area contributed by atoms with Crippen molar-refractivity contribution < 1.29 is 24.4 Å². The van der Waals surface area contributed by atoms with Crippen molar-refractivity contribution in [1.29, 1.82) is 0 Å². The van der Waals surface area contributed by atoms with Crippen molar-refractivity contribution in [1.82, 2.24) is 9.88 Å². The van der Waals surface area contributed by atoms with Crippen LogP contribution < -0.4 is 10.0 Å². The highest BCUT2D eigenvalue weighted by atomic mass is 16.4. The number of allylic oxidation sites excluding steroid dienone is 2. The summed E-state index contributed by atoms with van der Waals surface area (Å²) >= 11 is 0. The molecule has 2 aliphatic heterocycles. The molecule has 9 nitrogen and oxygen atoms in total. The molecule has 0 aliphatic carbocycles. The van der Waals surface area contributed by atoms with Crippen LogP contribution in [0.25, 0.3) is 0 Å². The van der Waals surface area contributed by atoms with Crippen LogP contribution in [0.5, 0.6) is 0 Å². The van der Waals surface area contributed by atoms with Crippen LogP contribution in [0.2, 0.25) is 0 Å². The Morgan fingerprint density at radius 2 is 1.90 bits per heavy atom. The number of quaternary nitrogens is 1. The summed E-state index contributed by atoms with van der Waals surface area (Å²) in [5.41, 5.74) is 5.75. The Hall–Kier alpha value is -4.08. The van der Waals surface area contributed by atoms with E-state index >= 15 is 0 Å². The van der Waals surface area contributed by atoms with Gasteiger partial charge in [-0.05, 0) is 56.7 Å². The molecule has 1 N–H and O–H groups in total. The number of carboxylic acid groups (broad SMARTS) is 2. The number of aromatic nitrogens is 1. The first-order valence-corrected chi connectivity index (χ1v) is 13.4. The highest BCUT2D eigenvalue weighted by Gasteiger charge is 2.44. The van der Waals surface area contributed by atoms with Crippen molar-refractivity contribution >= 4 is 23.3 Å². The van der Waals surface area contributed by atoms with Crippen molar-refractivity contribution in [3.63, 3.8) is 0 Å². The summed E-state index contributed by atoms with van der Waals surface area (Å²) in [5, 5.41) is 27.4. The number of aliphatic carboxylic acids is 2. The fourth-order valence-corrected chi connectivity index (χ4v) is 5.21. The molecule has 0 radical (unpaired) electrons. The van der Waals surface area contributed by atoms with E-state index in [4.69, 9.17) is 5.10 Å². The lowest BCUT2D eigenvalue weighted by Crippen LogP contribution is -2.41. The SMILES string of the molecule is CC1=C(C2=C(C(=O)O)CC(C(=O)[O-])=CN2c2cccnc2)C(CCN(C)Cc2ccccc2C)=N[N+]1(C)C(C)C. The lowest BCUT2D eigenvalue weighted by Gasteiger charge is -2.33. The van der Waals surface area contributed by atoms with E-state index in [1.54, 1.807) is 29.4 Å². The van der Waals surface area contributed by atoms with Gasteiger partial charge in [0.15, 0.2) is 0 Å². The number of hydrogen-bond acceptors (Lipinski definition) is 7. The second-order valence-electron chi connectivity index (χ2n) is 10.9. The highest BCUT2D eigenvalue weighted by Crippen LogP contribution is 2.41. The quantitative estimate of drug-likeness (QED) is 0.456. The van der Waals surface area contributed by atoms with E-state index in [2.05, 4.69) is 49.8 Å². The molecule has 4 rings (SSSR count). The van der Waals surface area contributed by atoms with Gasteiger partial charge in [-0.1, -0.05) is 29.4 Å². The third-order valence-corrected chi connectivity index (χ3v) is 7.96. The first-order valence-electron chi connectivity index (χ1n) is 13.4. The Morgan fingerprint density at radius 3 is 2.50 bits per heavy atom. The van der Waals surface area contributed by atoms with Gasteiger partial charge in [0.2, 0.25) is 0 Å². The van der Waals surface area contributed by atoms with Gasteiger partial charge < -0.3 is 24.8 Å². The highest BCUT2D eigenvalue weighted by molar-refractivity contribution is 6.09. The summed E-state index contributed by atoms with van der Waals surface area (Å²) < 4.78 is 0.278. The Labute approximate surface area is 235 Å². The van der Waals surface area contributed by atoms with Gasteiger partial charge in [0.1, 0.15) is 17.5 Å². The first-order chi connectivity index (χ1) is 18.9. The summed E-state index contributed by atoms with van der Waals surface area (Å²) in [6, 6.07) is 11.9. The van der Waals surface area contributed by atoms with Gasteiger partial charge in [0.05, 0.1) is 41.7 Å². The van der Waals surface area contributed by atoms with E-state index in [1.165, 1.54) is 17.3 Å². The Bertz CT molecular complexity index is 1440. The molecule has 40 heavy (non-hydrogen) atoms. The largest absolute Gasteiger partial charge is 0.545 e. The van der Waals surface area contributed by atoms with Crippen LogP contribution in [0.15, 0.2) is 88.2 Å². The second-order valence-corrected chi connectivity index (χ2v) is 10.9. The zero-order valence-corrected chi connectivity index (χ0v) is 24.0. The van der Waals surface area contributed by atoms with Crippen molar-refractivity contribution in [2.75, 3.05) is 25.5 Å². The summed E-state index contributed by atoms with van der Waals surface area (Å²) in [4.78, 5) is 32.6. The average molecular weight is 544 g/mol. The molecule has 210 valence electrons. The molecule has 0 bridgehead atoms.